The molecule has 2 aromatic rings. The Labute approximate surface area is 120 Å². The first-order valence-corrected chi connectivity index (χ1v) is 6.23. The number of benzene rings is 2. The molecule has 0 saturated heterocycles. The first-order chi connectivity index (χ1) is 9.52. The molecular formula is C14H13ClFN3O. The van der Waals surface area contributed by atoms with E-state index < -0.39 is 11.7 Å². The number of nitrogens with one attached hydrogen (secondary N) is 2. The Hall–Kier alpha value is -2.11. The molecule has 0 aliphatic carbocycles. The number of carbonyl (C=O) groups excluding carboxylic acids is 1. The molecule has 4 N–H and O–H groups in total. The lowest BCUT2D eigenvalue weighted by molar-refractivity contribution is 0.102. The van der Waals surface area contributed by atoms with Crippen LogP contribution >= 0.6 is 11.6 Å². The summed E-state index contributed by atoms with van der Waals surface area (Å²) in [7, 11) is 0. The fourth-order valence-corrected chi connectivity index (χ4v) is 1.94. The fraction of sp³-hybridized carbons (Fsp3) is 0.0714. The van der Waals surface area contributed by atoms with Crippen molar-refractivity contribution >= 4 is 28.9 Å². The van der Waals surface area contributed by atoms with Crippen molar-refractivity contribution in [1.29, 1.82) is 0 Å². The van der Waals surface area contributed by atoms with Gasteiger partial charge >= 0.3 is 0 Å². The zero-order valence-electron chi connectivity index (χ0n) is 10.7. The van der Waals surface area contributed by atoms with Crippen LogP contribution in [0.4, 0.5) is 15.8 Å². The van der Waals surface area contributed by atoms with E-state index in [0.29, 0.717) is 5.56 Å². The molecule has 0 saturated carbocycles. The monoisotopic (exact) mass is 293 g/mol. The Morgan fingerprint density at radius 1 is 1.25 bits per heavy atom. The first-order valence-electron chi connectivity index (χ1n) is 5.85. The molecule has 4 nitrogen and oxygen atoms in total. The summed E-state index contributed by atoms with van der Waals surface area (Å²) in [6.45, 7) is 1.81. The van der Waals surface area contributed by atoms with Crippen LogP contribution in [0.25, 0.3) is 0 Å². The van der Waals surface area contributed by atoms with Crippen molar-refractivity contribution in [2.24, 2.45) is 5.84 Å². The first kappa shape index (κ1) is 14.3. The molecule has 20 heavy (non-hydrogen) atoms. The topological polar surface area (TPSA) is 67.2 Å². The van der Waals surface area contributed by atoms with Crippen LogP contribution in [0.15, 0.2) is 36.4 Å². The van der Waals surface area contributed by atoms with Crippen LogP contribution in [-0.2, 0) is 0 Å². The number of hydrogen-bond donors (Lipinski definition) is 3. The lowest BCUT2D eigenvalue weighted by Gasteiger charge is -2.09. The van der Waals surface area contributed by atoms with Gasteiger partial charge in [0.1, 0.15) is 0 Å². The third-order valence-corrected chi connectivity index (χ3v) is 3.14. The van der Waals surface area contributed by atoms with Crippen LogP contribution in [0.5, 0.6) is 0 Å². The minimum Gasteiger partial charge on any atom is -0.324 e. The second kappa shape index (κ2) is 5.90. The summed E-state index contributed by atoms with van der Waals surface area (Å²) in [6, 6.07) is 9.36. The van der Waals surface area contributed by atoms with E-state index in [1.165, 1.54) is 12.1 Å². The Kier molecular flexibility index (Phi) is 4.22. The standard InChI is InChI=1S/C14H13ClFN3O/c1-8-7-9(5-6-11(8)19-17)14(20)18-12-4-2-3-10(15)13(12)16/h2-7,19H,17H2,1H3,(H,18,20). The minimum absolute atomic E-state index is 0.0401. The van der Waals surface area contributed by atoms with Gasteiger partial charge in [0.15, 0.2) is 5.82 Å². The quantitative estimate of drug-likeness (QED) is 0.601. The van der Waals surface area contributed by atoms with Crippen LogP contribution < -0.4 is 16.6 Å². The fourth-order valence-electron chi connectivity index (χ4n) is 1.76. The smallest absolute Gasteiger partial charge is 0.255 e. The zero-order chi connectivity index (χ0) is 14.7. The van der Waals surface area contributed by atoms with E-state index in [0.717, 1.165) is 11.3 Å². The highest BCUT2D eigenvalue weighted by atomic mass is 35.5. The third-order valence-electron chi connectivity index (χ3n) is 2.84. The van der Waals surface area contributed by atoms with Crippen LogP contribution in [0.3, 0.4) is 0 Å². The van der Waals surface area contributed by atoms with Gasteiger partial charge in [0.25, 0.3) is 5.91 Å². The number of anilines is 2. The number of nitrogen functional groups attached to an aromatic ring is 1. The van der Waals surface area contributed by atoms with Gasteiger partial charge in [-0.3, -0.25) is 10.6 Å². The van der Waals surface area contributed by atoms with E-state index in [2.05, 4.69) is 10.7 Å². The molecule has 0 fully saturated rings. The van der Waals surface area contributed by atoms with Crippen molar-refractivity contribution in [3.8, 4) is 0 Å². The molecule has 6 heteroatoms. The molecule has 0 aliphatic heterocycles. The van der Waals surface area contributed by atoms with E-state index >= 15 is 0 Å². The van der Waals surface area contributed by atoms with E-state index in [9.17, 15) is 9.18 Å². The molecule has 0 unspecified atom stereocenters. The van der Waals surface area contributed by atoms with Gasteiger partial charge in [-0.1, -0.05) is 17.7 Å². The van der Waals surface area contributed by atoms with Crippen LogP contribution in [0.1, 0.15) is 15.9 Å². The van der Waals surface area contributed by atoms with Crippen molar-refractivity contribution in [2.75, 3.05) is 10.7 Å². The number of carbonyl (C=O) groups is 1. The van der Waals surface area contributed by atoms with E-state index in [1.54, 1.807) is 24.3 Å². The lowest BCUT2D eigenvalue weighted by atomic mass is 10.1. The van der Waals surface area contributed by atoms with E-state index in [1.807, 2.05) is 6.92 Å². The molecule has 2 aromatic carbocycles. The van der Waals surface area contributed by atoms with Crippen LogP contribution in [0, 0.1) is 12.7 Å². The Morgan fingerprint density at radius 3 is 2.65 bits per heavy atom. The molecule has 1 amide bonds. The predicted octanol–water partition coefficient (Wildman–Crippen LogP) is 3.33. The summed E-state index contributed by atoms with van der Waals surface area (Å²) >= 11 is 5.66. The van der Waals surface area contributed by atoms with Crippen LogP contribution in [0.2, 0.25) is 5.02 Å². The summed E-state index contributed by atoms with van der Waals surface area (Å²) in [5, 5.41) is 2.44. The molecule has 0 radical (unpaired) electrons. The van der Waals surface area contributed by atoms with Gasteiger partial charge in [0.2, 0.25) is 0 Å². The molecule has 0 aromatic heterocycles. The normalized spacial score (nSPS) is 10.2. The average molecular weight is 294 g/mol. The molecule has 104 valence electrons. The largest absolute Gasteiger partial charge is 0.324 e. The Bertz CT molecular complexity index is 661. The maximum atomic E-state index is 13.7. The SMILES string of the molecule is Cc1cc(C(=O)Nc2cccc(Cl)c2F)ccc1NN. The third kappa shape index (κ3) is 2.89. The molecule has 0 aliphatic rings. The predicted molar refractivity (Wildman–Crippen MR) is 78.4 cm³/mol. The van der Waals surface area contributed by atoms with Gasteiger partial charge in [-0.2, -0.15) is 0 Å². The molecule has 0 atom stereocenters. The second-order valence-electron chi connectivity index (χ2n) is 4.23. The summed E-state index contributed by atoms with van der Waals surface area (Å²) in [6.07, 6.45) is 0. The Balaban J connectivity index is 2.24. The second-order valence-corrected chi connectivity index (χ2v) is 4.64. The lowest BCUT2D eigenvalue weighted by Crippen LogP contribution is -2.14. The zero-order valence-corrected chi connectivity index (χ0v) is 11.5. The van der Waals surface area contributed by atoms with Crippen molar-refractivity contribution in [3.63, 3.8) is 0 Å². The molecular weight excluding hydrogens is 281 g/mol. The highest BCUT2D eigenvalue weighted by Crippen LogP contribution is 2.23. The van der Waals surface area contributed by atoms with Crippen molar-refractivity contribution in [1.82, 2.24) is 0 Å². The number of nitrogens with two attached hydrogens (primary N) is 1. The molecule has 2 rings (SSSR count). The molecule has 0 bridgehead atoms. The van der Waals surface area contributed by atoms with Crippen LogP contribution in [-0.4, -0.2) is 5.91 Å². The summed E-state index contributed by atoms with van der Waals surface area (Å²) in [4.78, 5) is 12.1. The van der Waals surface area contributed by atoms with Crippen molar-refractivity contribution < 1.29 is 9.18 Å². The number of halogens is 2. The Morgan fingerprint density at radius 2 is 2.00 bits per heavy atom. The van der Waals surface area contributed by atoms with Gasteiger partial charge in [-0.05, 0) is 42.8 Å². The van der Waals surface area contributed by atoms with E-state index in [-0.39, 0.29) is 10.7 Å². The highest BCUT2D eigenvalue weighted by Gasteiger charge is 2.12. The molecule has 0 heterocycles. The van der Waals surface area contributed by atoms with Crippen molar-refractivity contribution in [3.05, 3.63) is 58.4 Å². The maximum absolute atomic E-state index is 13.7. The van der Waals surface area contributed by atoms with Gasteiger partial charge in [-0.15, -0.1) is 0 Å². The minimum atomic E-state index is -0.653. The summed E-state index contributed by atoms with van der Waals surface area (Å²) in [5.41, 5.74) is 4.49. The maximum Gasteiger partial charge on any atom is 0.255 e. The highest BCUT2D eigenvalue weighted by molar-refractivity contribution is 6.31. The van der Waals surface area contributed by atoms with Gasteiger partial charge in [0.05, 0.1) is 16.4 Å². The number of aryl methyl sites for hydroxylation is 1. The summed E-state index contributed by atoms with van der Waals surface area (Å²) in [5.74, 6) is 4.25. The number of hydrogen-bond acceptors (Lipinski definition) is 3. The number of hydrazine groups is 1. The van der Waals surface area contributed by atoms with Gasteiger partial charge in [0, 0.05) is 5.56 Å². The van der Waals surface area contributed by atoms with E-state index in [4.69, 9.17) is 17.4 Å². The molecule has 0 spiro atoms. The van der Waals surface area contributed by atoms with Gasteiger partial charge in [-0.25, -0.2) is 4.39 Å². The average Bonchev–Trinajstić information content (AvgIpc) is 2.43. The summed E-state index contributed by atoms with van der Waals surface area (Å²) < 4.78 is 13.7. The number of amides is 1. The number of rotatable bonds is 3. The van der Waals surface area contributed by atoms with Gasteiger partial charge < -0.3 is 10.7 Å². The van der Waals surface area contributed by atoms with Crippen molar-refractivity contribution in [2.45, 2.75) is 6.92 Å².